The molecule has 3 heterocycles. The predicted molar refractivity (Wildman–Crippen MR) is 96.9 cm³/mol. The third kappa shape index (κ3) is 3.14. The third-order valence-electron chi connectivity index (χ3n) is 4.62. The summed E-state index contributed by atoms with van der Waals surface area (Å²) in [6.07, 6.45) is 4.20. The van der Waals surface area contributed by atoms with E-state index in [0.717, 1.165) is 36.5 Å². The van der Waals surface area contributed by atoms with Crippen LogP contribution in [0.15, 0.2) is 52.5 Å². The largest absolute Gasteiger partial charge is 0.343 e. The molecule has 0 aliphatic carbocycles. The minimum atomic E-state index is -0.0882. The minimum Gasteiger partial charge on any atom is -0.343 e. The number of hydrogen-bond donors (Lipinski definition) is 0. The molecular formula is C19H19N3O2S. The summed E-state index contributed by atoms with van der Waals surface area (Å²) >= 11 is 1.50. The number of likely N-dealkylation sites (tertiary alicyclic amines) is 1. The molecule has 0 bridgehead atoms. The maximum Gasteiger partial charge on any atom is 0.261 e. The fraction of sp³-hybridized carbons (Fsp3) is 0.316. The number of carbonyl (C=O) groups excluding carboxylic acids is 2. The molecule has 128 valence electrons. The number of aromatic nitrogens is 1. The second kappa shape index (κ2) is 6.88. The maximum absolute atomic E-state index is 13.1. The number of carbonyl (C=O) groups is 2. The number of para-hydroxylation sites is 1. The van der Waals surface area contributed by atoms with Crippen LogP contribution in [-0.2, 0) is 4.79 Å². The van der Waals surface area contributed by atoms with Crippen molar-refractivity contribution in [3.63, 3.8) is 0 Å². The zero-order chi connectivity index (χ0) is 17.2. The number of amides is 2. The van der Waals surface area contributed by atoms with Crippen LogP contribution < -0.4 is 4.90 Å². The Morgan fingerprint density at radius 1 is 1.12 bits per heavy atom. The molecule has 2 aliphatic heterocycles. The summed E-state index contributed by atoms with van der Waals surface area (Å²) in [5.74, 6) is 0.0425. The first-order valence-electron chi connectivity index (χ1n) is 8.55. The Labute approximate surface area is 151 Å². The summed E-state index contributed by atoms with van der Waals surface area (Å²) in [4.78, 5) is 34.5. The van der Waals surface area contributed by atoms with Gasteiger partial charge in [0.05, 0.1) is 11.3 Å². The zero-order valence-corrected chi connectivity index (χ0v) is 14.7. The molecule has 2 aromatic rings. The van der Waals surface area contributed by atoms with E-state index in [0.29, 0.717) is 23.6 Å². The predicted octanol–water partition coefficient (Wildman–Crippen LogP) is 3.21. The molecule has 1 fully saturated rings. The molecule has 1 saturated heterocycles. The molecule has 2 amide bonds. The van der Waals surface area contributed by atoms with Crippen molar-refractivity contribution in [2.45, 2.75) is 29.2 Å². The summed E-state index contributed by atoms with van der Waals surface area (Å²) in [5, 5.41) is 0.716. The lowest BCUT2D eigenvalue weighted by Gasteiger charge is -2.24. The van der Waals surface area contributed by atoms with Crippen LogP contribution in [-0.4, -0.2) is 41.3 Å². The van der Waals surface area contributed by atoms with Crippen LogP contribution in [0.5, 0.6) is 0 Å². The van der Waals surface area contributed by atoms with Crippen LogP contribution in [0.2, 0.25) is 0 Å². The Morgan fingerprint density at radius 3 is 2.76 bits per heavy atom. The van der Waals surface area contributed by atoms with Crippen molar-refractivity contribution in [2.75, 3.05) is 24.5 Å². The van der Waals surface area contributed by atoms with Gasteiger partial charge < -0.3 is 9.80 Å². The van der Waals surface area contributed by atoms with Crippen molar-refractivity contribution in [2.24, 2.45) is 0 Å². The number of hydrogen-bond acceptors (Lipinski definition) is 4. The standard InChI is InChI=1S/C19H19N3O2S/c23-17(21-11-3-4-12-21)9-13-22-15-7-1-2-8-16(15)25-18-14(19(22)24)6-5-10-20-18/h1-2,5-8,10H,3-4,9,11-13H2. The van der Waals surface area contributed by atoms with Crippen LogP contribution in [0.1, 0.15) is 29.6 Å². The molecule has 6 heteroatoms. The molecule has 4 rings (SSSR count). The molecule has 0 saturated carbocycles. The quantitative estimate of drug-likeness (QED) is 0.850. The van der Waals surface area contributed by atoms with Gasteiger partial charge in [0.15, 0.2) is 0 Å². The van der Waals surface area contributed by atoms with E-state index in [1.165, 1.54) is 11.8 Å². The molecule has 0 atom stereocenters. The number of nitrogens with zero attached hydrogens (tertiary/aromatic N) is 3. The highest BCUT2D eigenvalue weighted by Gasteiger charge is 2.28. The van der Waals surface area contributed by atoms with Gasteiger partial charge in [0.1, 0.15) is 5.03 Å². The highest BCUT2D eigenvalue weighted by molar-refractivity contribution is 7.99. The van der Waals surface area contributed by atoms with Crippen molar-refractivity contribution in [3.8, 4) is 0 Å². The van der Waals surface area contributed by atoms with E-state index in [1.54, 1.807) is 23.2 Å². The van der Waals surface area contributed by atoms with E-state index in [1.807, 2.05) is 29.2 Å². The molecule has 5 nitrogen and oxygen atoms in total. The fourth-order valence-corrected chi connectivity index (χ4v) is 4.33. The van der Waals surface area contributed by atoms with Gasteiger partial charge in [-0.15, -0.1) is 0 Å². The summed E-state index contributed by atoms with van der Waals surface area (Å²) in [5.41, 5.74) is 1.45. The minimum absolute atomic E-state index is 0.0882. The Bertz CT molecular complexity index is 818. The van der Waals surface area contributed by atoms with Gasteiger partial charge >= 0.3 is 0 Å². The Morgan fingerprint density at radius 2 is 1.92 bits per heavy atom. The summed E-state index contributed by atoms with van der Waals surface area (Å²) in [6.45, 7) is 2.07. The fourth-order valence-electron chi connectivity index (χ4n) is 3.31. The van der Waals surface area contributed by atoms with Gasteiger partial charge in [-0.3, -0.25) is 9.59 Å². The lowest BCUT2D eigenvalue weighted by molar-refractivity contribution is -0.129. The van der Waals surface area contributed by atoms with Crippen LogP contribution in [0.4, 0.5) is 5.69 Å². The van der Waals surface area contributed by atoms with Crippen molar-refractivity contribution in [1.29, 1.82) is 0 Å². The third-order valence-corrected chi connectivity index (χ3v) is 5.70. The normalized spacial score (nSPS) is 16.4. The summed E-state index contributed by atoms with van der Waals surface area (Å²) in [7, 11) is 0. The lowest BCUT2D eigenvalue weighted by atomic mass is 10.2. The van der Waals surface area contributed by atoms with Crippen molar-refractivity contribution in [1.82, 2.24) is 9.88 Å². The topological polar surface area (TPSA) is 53.5 Å². The molecule has 25 heavy (non-hydrogen) atoms. The van der Waals surface area contributed by atoms with Crippen LogP contribution >= 0.6 is 11.8 Å². The number of fused-ring (bicyclic) bond motifs is 2. The van der Waals surface area contributed by atoms with Gasteiger partial charge in [0, 0.05) is 37.1 Å². The molecule has 1 aromatic carbocycles. The van der Waals surface area contributed by atoms with Gasteiger partial charge in [0.25, 0.3) is 5.91 Å². The first-order chi connectivity index (χ1) is 12.2. The summed E-state index contributed by atoms with van der Waals surface area (Å²) < 4.78 is 0. The number of benzene rings is 1. The number of pyridine rings is 1. The molecular weight excluding hydrogens is 334 g/mol. The monoisotopic (exact) mass is 353 g/mol. The molecule has 0 unspecified atom stereocenters. The first-order valence-corrected chi connectivity index (χ1v) is 9.37. The summed E-state index contributed by atoms with van der Waals surface area (Å²) in [6, 6.07) is 11.4. The smallest absolute Gasteiger partial charge is 0.261 e. The van der Waals surface area contributed by atoms with Crippen molar-refractivity contribution >= 4 is 29.3 Å². The highest BCUT2D eigenvalue weighted by atomic mass is 32.2. The molecule has 0 N–H and O–H groups in total. The van der Waals surface area contributed by atoms with Crippen molar-refractivity contribution in [3.05, 3.63) is 48.2 Å². The van der Waals surface area contributed by atoms with E-state index in [9.17, 15) is 9.59 Å². The average Bonchev–Trinajstić information content (AvgIpc) is 3.14. The lowest BCUT2D eigenvalue weighted by Crippen LogP contribution is -2.36. The van der Waals surface area contributed by atoms with E-state index in [2.05, 4.69) is 4.98 Å². The molecule has 0 spiro atoms. The zero-order valence-electron chi connectivity index (χ0n) is 13.9. The SMILES string of the molecule is O=C(CCN1C(=O)c2cccnc2Sc2ccccc21)N1CCCC1. The van der Waals surface area contributed by atoms with Gasteiger partial charge in [-0.2, -0.15) is 0 Å². The van der Waals surface area contributed by atoms with Crippen LogP contribution in [0.25, 0.3) is 0 Å². The van der Waals surface area contributed by atoms with E-state index in [-0.39, 0.29) is 11.8 Å². The number of rotatable bonds is 3. The van der Waals surface area contributed by atoms with Gasteiger partial charge in [-0.1, -0.05) is 23.9 Å². The second-order valence-electron chi connectivity index (χ2n) is 6.22. The Balaban J connectivity index is 1.63. The van der Waals surface area contributed by atoms with Gasteiger partial charge in [0.2, 0.25) is 5.91 Å². The van der Waals surface area contributed by atoms with Crippen LogP contribution in [0.3, 0.4) is 0 Å². The van der Waals surface area contributed by atoms with Crippen molar-refractivity contribution < 1.29 is 9.59 Å². The maximum atomic E-state index is 13.1. The van der Waals surface area contributed by atoms with Gasteiger partial charge in [-0.05, 0) is 37.1 Å². The second-order valence-corrected chi connectivity index (χ2v) is 7.25. The first kappa shape index (κ1) is 16.1. The highest BCUT2D eigenvalue weighted by Crippen LogP contribution is 2.40. The van der Waals surface area contributed by atoms with E-state index in [4.69, 9.17) is 0 Å². The van der Waals surface area contributed by atoms with E-state index < -0.39 is 0 Å². The Hall–Kier alpha value is -2.34. The molecule has 0 radical (unpaired) electrons. The average molecular weight is 353 g/mol. The molecule has 2 aliphatic rings. The molecule has 1 aromatic heterocycles. The van der Waals surface area contributed by atoms with E-state index >= 15 is 0 Å². The van der Waals surface area contributed by atoms with Crippen LogP contribution in [0, 0.1) is 0 Å². The van der Waals surface area contributed by atoms with Gasteiger partial charge in [-0.25, -0.2) is 4.98 Å². The Kier molecular flexibility index (Phi) is 4.44. The number of anilines is 1.